The lowest BCUT2D eigenvalue weighted by molar-refractivity contribution is -0.121. The molecular weight excluding hydrogens is 435 g/mol. The zero-order valence-corrected chi connectivity index (χ0v) is 17.0. The molecule has 140 valence electrons. The normalized spacial score (nSPS) is 13.6. The predicted molar refractivity (Wildman–Crippen MR) is 109 cm³/mol. The van der Waals surface area contributed by atoms with E-state index in [2.05, 4.69) is 15.6 Å². The van der Waals surface area contributed by atoms with E-state index in [1.807, 2.05) is 18.2 Å². The SMILES string of the molecule is COc1ccc(CN=C(N)NCCCC(=O)NC2CC2)cc1OC.I. The highest BCUT2D eigenvalue weighted by Crippen LogP contribution is 2.27. The van der Waals surface area contributed by atoms with Crippen LogP contribution < -0.4 is 25.8 Å². The summed E-state index contributed by atoms with van der Waals surface area (Å²) < 4.78 is 10.5. The lowest BCUT2D eigenvalue weighted by Gasteiger charge is -2.09. The molecule has 1 amide bonds. The van der Waals surface area contributed by atoms with Crippen LogP contribution in [0.25, 0.3) is 0 Å². The fraction of sp³-hybridized carbons (Fsp3) is 0.529. The second kappa shape index (κ2) is 11.0. The molecule has 0 aromatic heterocycles. The molecule has 4 N–H and O–H groups in total. The summed E-state index contributed by atoms with van der Waals surface area (Å²) in [4.78, 5) is 15.8. The van der Waals surface area contributed by atoms with Gasteiger partial charge in [0.15, 0.2) is 17.5 Å². The van der Waals surface area contributed by atoms with Crippen LogP contribution in [-0.2, 0) is 11.3 Å². The molecule has 0 atom stereocenters. The fourth-order valence-corrected chi connectivity index (χ4v) is 2.20. The molecule has 1 fully saturated rings. The van der Waals surface area contributed by atoms with Crippen molar-refractivity contribution in [1.29, 1.82) is 0 Å². The van der Waals surface area contributed by atoms with Crippen LogP contribution in [0.2, 0.25) is 0 Å². The monoisotopic (exact) mass is 462 g/mol. The van der Waals surface area contributed by atoms with Crippen molar-refractivity contribution in [3.63, 3.8) is 0 Å². The molecule has 0 spiro atoms. The molecule has 1 aromatic carbocycles. The van der Waals surface area contributed by atoms with Crippen LogP contribution in [0.5, 0.6) is 11.5 Å². The summed E-state index contributed by atoms with van der Waals surface area (Å²) in [5.41, 5.74) is 6.81. The van der Waals surface area contributed by atoms with Crippen LogP contribution in [0.15, 0.2) is 23.2 Å². The number of guanidine groups is 1. The maximum atomic E-state index is 11.5. The number of amides is 1. The van der Waals surface area contributed by atoms with Crippen LogP contribution in [0.3, 0.4) is 0 Å². The second-order valence-corrected chi connectivity index (χ2v) is 5.76. The van der Waals surface area contributed by atoms with Gasteiger partial charge in [0.05, 0.1) is 20.8 Å². The number of halogens is 1. The van der Waals surface area contributed by atoms with E-state index in [0.717, 1.165) is 24.8 Å². The van der Waals surface area contributed by atoms with Gasteiger partial charge in [-0.2, -0.15) is 0 Å². The zero-order valence-electron chi connectivity index (χ0n) is 14.7. The van der Waals surface area contributed by atoms with Gasteiger partial charge < -0.3 is 25.8 Å². The average molecular weight is 462 g/mol. The lowest BCUT2D eigenvalue weighted by Crippen LogP contribution is -2.33. The number of hydrogen-bond acceptors (Lipinski definition) is 4. The number of carbonyl (C=O) groups is 1. The Bertz CT molecular complexity index is 591. The van der Waals surface area contributed by atoms with E-state index in [1.54, 1.807) is 14.2 Å². The summed E-state index contributed by atoms with van der Waals surface area (Å²) in [5, 5.41) is 5.98. The number of rotatable bonds is 9. The molecular formula is C17H27IN4O3. The van der Waals surface area contributed by atoms with Crippen LogP contribution >= 0.6 is 24.0 Å². The van der Waals surface area contributed by atoms with Crippen LogP contribution in [0, 0.1) is 0 Å². The predicted octanol–water partition coefficient (Wildman–Crippen LogP) is 1.78. The maximum absolute atomic E-state index is 11.5. The fourth-order valence-electron chi connectivity index (χ4n) is 2.20. The van der Waals surface area contributed by atoms with Crippen molar-refractivity contribution in [3.05, 3.63) is 23.8 Å². The Balaban J connectivity index is 0.00000312. The van der Waals surface area contributed by atoms with E-state index in [-0.39, 0.29) is 29.9 Å². The Kier molecular flexibility index (Phi) is 9.40. The zero-order chi connectivity index (χ0) is 17.4. The first-order valence-electron chi connectivity index (χ1n) is 8.16. The molecule has 0 aliphatic heterocycles. The molecule has 7 nitrogen and oxygen atoms in total. The highest BCUT2D eigenvalue weighted by Gasteiger charge is 2.22. The van der Waals surface area contributed by atoms with Gasteiger partial charge in [-0.3, -0.25) is 4.79 Å². The van der Waals surface area contributed by atoms with Gasteiger partial charge >= 0.3 is 0 Å². The van der Waals surface area contributed by atoms with Gasteiger partial charge in [-0.15, -0.1) is 24.0 Å². The summed E-state index contributed by atoms with van der Waals surface area (Å²) in [6.45, 7) is 1.07. The molecule has 0 radical (unpaired) electrons. The van der Waals surface area contributed by atoms with Crippen molar-refractivity contribution in [1.82, 2.24) is 10.6 Å². The van der Waals surface area contributed by atoms with Crippen molar-refractivity contribution in [3.8, 4) is 11.5 Å². The van der Waals surface area contributed by atoms with Gasteiger partial charge in [-0.05, 0) is 37.0 Å². The molecule has 0 unspecified atom stereocenters. The van der Waals surface area contributed by atoms with E-state index in [1.165, 1.54) is 0 Å². The molecule has 1 aliphatic rings. The highest BCUT2D eigenvalue weighted by atomic mass is 127. The van der Waals surface area contributed by atoms with Gasteiger partial charge in [0, 0.05) is 19.0 Å². The van der Waals surface area contributed by atoms with Crippen molar-refractivity contribution in [2.75, 3.05) is 20.8 Å². The van der Waals surface area contributed by atoms with Gasteiger partial charge in [0.25, 0.3) is 0 Å². The number of benzene rings is 1. The molecule has 0 bridgehead atoms. The Morgan fingerprint density at radius 3 is 2.64 bits per heavy atom. The van der Waals surface area contributed by atoms with E-state index in [4.69, 9.17) is 15.2 Å². The lowest BCUT2D eigenvalue weighted by atomic mass is 10.2. The van der Waals surface area contributed by atoms with Gasteiger partial charge in [0.2, 0.25) is 5.91 Å². The van der Waals surface area contributed by atoms with E-state index in [0.29, 0.717) is 43.0 Å². The Morgan fingerprint density at radius 2 is 2.00 bits per heavy atom. The van der Waals surface area contributed by atoms with Gasteiger partial charge in [-0.25, -0.2) is 4.99 Å². The number of nitrogens with one attached hydrogen (secondary N) is 2. The minimum absolute atomic E-state index is 0. The number of hydrogen-bond donors (Lipinski definition) is 3. The quantitative estimate of drug-likeness (QED) is 0.225. The summed E-state index contributed by atoms with van der Waals surface area (Å²) >= 11 is 0. The largest absolute Gasteiger partial charge is 0.493 e. The number of ether oxygens (including phenoxy) is 2. The smallest absolute Gasteiger partial charge is 0.220 e. The number of methoxy groups -OCH3 is 2. The minimum atomic E-state index is 0. The first kappa shape index (κ1) is 21.3. The van der Waals surface area contributed by atoms with Crippen molar-refractivity contribution in [2.45, 2.75) is 38.3 Å². The third kappa shape index (κ3) is 7.80. The van der Waals surface area contributed by atoms with E-state index < -0.39 is 0 Å². The molecule has 1 aliphatic carbocycles. The molecule has 1 saturated carbocycles. The second-order valence-electron chi connectivity index (χ2n) is 5.76. The molecule has 25 heavy (non-hydrogen) atoms. The summed E-state index contributed by atoms with van der Waals surface area (Å²) in [5.74, 6) is 1.83. The average Bonchev–Trinajstić information content (AvgIpc) is 3.40. The highest BCUT2D eigenvalue weighted by molar-refractivity contribution is 14.0. The minimum Gasteiger partial charge on any atom is -0.493 e. The number of nitrogens with zero attached hydrogens (tertiary/aromatic N) is 1. The Hall–Kier alpha value is -1.71. The third-order valence-electron chi connectivity index (χ3n) is 3.71. The molecule has 1 aromatic rings. The number of aliphatic imine (C=N–C) groups is 1. The van der Waals surface area contributed by atoms with Crippen molar-refractivity contribution < 1.29 is 14.3 Å². The van der Waals surface area contributed by atoms with Gasteiger partial charge in [-0.1, -0.05) is 6.07 Å². The topological polar surface area (TPSA) is 98.0 Å². The molecule has 0 heterocycles. The Labute approximate surface area is 165 Å². The first-order valence-corrected chi connectivity index (χ1v) is 8.16. The van der Waals surface area contributed by atoms with E-state index >= 15 is 0 Å². The summed E-state index contributed by atoms with van der Waals surface area (Å²) in [7, 11) is 3.20. The number of carbonyl (C=O) groups excluding carboxylic acids is 1. The van der Waals surface area contributed by atoms with Crippen LogP contribution in [-0.4, -0.2) is 38.7 Å². The molecule has 2 rings (SSSR count). The van der Waals surface area contributed by atoms with Gasteiger partial charge in [0.1, 0.15) is 0 Å². The summed E-state index contributed by atoms with van der Waals surface area (Å²) in [6, 6.07) is 6.04. The van der Waals surface area contributed by atoms with Crippen molar-refractivity contribution in [2.24, 2.45) is 10.7 Å². The standard InChI is InChI=1S/C17H26N4O3.HI/c1-23-14-8-5-12(10-15(14)24-2)11-20-17(18)19-9-3-4-16(22)21-13-6-7-13;/h5,8,10,13H,3-4,6-7,9,11H2,1-2H3,(H,21,22)(H3,18,19,20);1H. The maximum Gasteiger partial charge on any atom is 0.220 e. The number of nitrogens with two attached hydrogens (primary N) is 1. The Morgan fingerprint density at radius 1 is 1.28 bits per heavy atom. The first-order chi connectivity index (χ1) is 11.6. The van der Waals surface area contributed by atoms with Crippen LogP contribution in [0.4, 0.5) is 0 Å². The summed E-state index contributed by atoms with van der Waals surface area (Å²) in [6.07, 6.45) is 3.46. The third-order valence-corrected chi connectivity index (χ3v) is 3.71. The molecule has 8 heteroatoms. The van der Waals surface area contributed by atoms with Crippen LogP contribution in [0.1, 0.15) is 31.2 Å². The molecule has 0 saturated heterocycles. The van der Waals surface area contributed by atoms with Crippen molar-refractivity contribution >= 4 is 35.8 Å². The van der Waals surface area contributed by atoms with E-state index in [9.17, 15) is 4.79 Å².